The summed E-state index contributed by atoms with van der Waals surface area (Å²) < 4.78 is 41.0. The fourth-order valence-electron chi connectivity index (χ4n) is 3.31. The van der Waals surface area contributed by atoms with Gasteiger partial charge in [-0.15, -0.1) is 0 Å². The van der Waals surface area contributed by atoms with Crippen molar-refractivity contribution in [3.8, 4) is 0 Å². The number of allylic oxidation sites excluding steroid dienone is 2. The topological polar surface area (TPSA) is 54.4 Å². The van der Waals surface area contributed by atoms with E-state index >= 15 is 0 Å². The monoisotopic (exact) mass is 374 g/mol. The van der Waals surface area contributed by atoms with Crippen molar-refractivity contribution in [2.24, 2.45) is 0 Å². The standard InChI is InChI=1S/C20H16F2O3S/c1-11-14(10-17(23)24)15-8-13(21)9-16(22)19(15)18(11)20(26(2)25)12-6-4-3-5-7-12/h3-9H,10H2,1-2H3,(H,23,24). The summed E-state index contributed by atoms with van der Waals surface area (Å²) in [7, 11) is -1.48. The average molecular weight is 374 g/mol. The number of halogens is 2. The molecule has 1 unspecified atom stereocenters. The molecule has 0 saturated heterocycles. The molecule has 3 nitrogen and oxygen atoms in total. The molecular formula is C20H16F2O3S. The summed E-state index contributed by atoms with van der Waals surface area (Å²) in [6, 6.07) is 10.8. The Labute approximate surface area is 152 Å². The minimum Gasteiger partial charge on any atom is -0.481 e. The average Bonchev–Trinajstić information content (AvgIpc) is 2.81. The lowest BCUT2D eigenvalue weighted by Crippen LogP contribution is -2.00. The van der Waals surface area contributed by atoms with E-state index < -0.39 is 28.4 Å². The molecule has 0 aromatic heterocycles. The molecule has 1 N–H and O–H groups in total. The number of fused-ring (bicyclic) bond motifs is 1. The van der Waals surface area contributed by atoms with Crippen LogP contribution >= 0.6 is 0 Å². The third kappa shape index (κ3) is 3.12. The second-order valence-electron chi connectivity index (χ2n) is 6.01. The molecule has 0 bridgehead atoms. The molecular weight excluding hydrogens is 358 g/mol. The van der Waals surface area contributed by atoms with Crippen molar-refractivity contribution in [3.63, 3.8) is 0 Å². The summed E-state index contributed by atoms with van der Waals surface area (Å²) in [6.45, 7) is 1.65. The second kappa shape index (κ2) is 6.96. The molecule has 0 fully saturated rings. The van der Waals surface area contributed by atoms with Crippen LogP contribution in [-0.4, -0.2) is 21.5 Å². The van der Waals surface area contributed by atoms with Gasteiger partial charge in [0.15, 0.2) is 0 Å². The third-order valence-electron chi connectivity index (χ3n) is 4.34. The number of carboxylic acid groups (broad SMARTS) is 1. The molecule has 1 aliphatic carbocycles. The van der Waals surface area contributed by atoms with Crippen molar-refractivity contribution >= 4 is 32.8 Å². The zero-order chi connectivity index (χ0) is 19.0. The number of carboxylic acids is 1. The van der Waals surface area contributed by atoms with Gasteiger partial charge in [0.25, 0.3) is 0 Å². The first-order valence-corrected chi connectivity index (χ1v) is 9.42. The first-order valence-electron chi connectivity index (χ1n) is 7.86. The maximum absolute atomic E-state index is 14.7. The first kappa shape index (κ1) is 18.2. The lowest BCUT2D eigenvalue weighted by Gasteiger charge is -2.13. The van der Waals surface area contributed by atoms with Crippen LogP contribution in [0.1, 0.15) is 30.0 Å². The van der Waals surface area contributed by atoms with E-state index in [9.17, 15) is 22.9 Å². The van der Waals surface area contributed by atoms with Gasteiger partial charge in [0.05, 0.1) is 22.1 Å². The molecule has 0 radical (unpaired) electrons. The summed E-state index contributed by atoms with van der Waals surface area (Å²) in [5.41, 5.74) is 2.17. The number of hydrogen-bond acceptors (Lipinski definition) is 2. The van der Waals surface area contributed by atoms with Gasteiger partial charge in [-0.05, 0) is 35.3 Å². The van der Waals surface area contributed by atoms with Gasteiger partial charge >= 0.3 is 5.97 Å². The number of benzene rings is 2. The smallest absolute Gasteiger partial charge is 0.307 e. The highest BCUT2D eigenvalue weighted by atomic mass is 32.2. The molecule has 0 saturated carbocycles. The molecule has 6 heteroatoms. The van der Waals surface area contributed by atoms with E-state index in [-0.39, 0.29) is 17.5 Å². The van der Waals surface area contributed by atoms with E-state index in [1.807, 2.05) is 6.07 Å². The summed E-state index contributed by atoms with van der Waals surface area (Å²) in [5.74, 6) is -2.68. The van der Waals surface area contributed by atoms with Crippen LogP contribution in [0.3, 0.4) is 0 Å². The molecule has 26 heavy (non-hydrogen) atoms. The number of aliphatic carboxylic acids is 1. The van der Waals surface area contributed by atoms with Crippen molar-refractivity contribution in [2.75, 3.05) is 6.26 Å². The Hall–Kier alpha value is -2.60. The number of rotatable bonds is 4. The van der Waals surface area contributed by atoms with Gasteiger partial charge in [-0.25, -0.2) is 8.78 Å². The molecule has 3 rings (SSSR count). The fraction of sp³-hybridized carbons (Fsp3) is 0.150. The zero-order valence-electron chi connectivity index (χ0n) is 14.2. The summed E-state index contributed by atoms with van der Waals surface area (Å²) in [6.07, 6.45) is 1.11. The molecule has 0 heterocycles. The number of carbonyl (C=O) groups is 1. The van der Waals surface area contributed by atoms with E-state index in [1.54, 1.807) is 31.2 Å². The highest BCUT2D eigenvalue weighted by Crippen LogP contribution is 2.48. The van der Waals surface area contributed by atoms with Crippen LogP contribution in [-0.2, 0) is 15.6 Å². The van der Waals surface area contributed by atoms with Crippen LogP contribution in [0.15, 0.2) is 48.0 Å². The summed E-state index contributed by atoms with van der Waals surface area (Å²) >= 11 is 0. The minimum absolute atomic E-state index is 0.106. The van der Waals surface area contributed by atoms with Crippen LogP contribution in [0, 0.1) is 11.6 Å². The quantitative estimate of drug-likeness (QED) is 0.859. The molecule has 134 valence electrons. The lowest BCUT2D eigenvalue weighted by atomic mass is 9.99. The van der Waals surface area contributed by atoms with Crippen molar-refractivity contribution in [1.29, 1.82) is 0 Å². The van der Waals surface area contributed by atoms with Crippen molar-refractivity contribution in [3.05, 3.63) is 76.4 Å². The molecule has 0 aliphatic heterocycles. The van der Waals surface area contributed by atoms with E-state index in [0.29, 0.717) is 27.2 Å². The van der Waals surface area contributed by atoms with E-state index in [2.05, 4.69) is 0 Å². The number of hydrogen-bond donors (Lipinski definition) is 1. The minimum atomic E-state index is -1.48. The SMILES string of the molecule is CC1=C(CC(=O)O)c2cc(F)cc(F)c2C1=C(c1ccccc1)S(C)=O. The van der Waals surface area contributed by atoms with Crippen LogP contribution in [0.4, 0.5) is 8.78 Å². The Kier molecular flexibility index (Phi) is 4.87. The van der Waals surface area contributed by atoms with Crippen LogP contribution < -0.4 is 0 Å². The molecule has 1 aliphatic rings. The maximum Gasteiger partial charge on any atom is 0.307 e. The van der Waals surface area contributed by atoms with E-state index in [4.69, 9.17) is 0 Å². The maximum atomic E-state index is 14.7. The van der Waals surface area contributed by atoms with Crippen LogP contribution in [0.5, 0.6) is 0 Å². The molecule has 2 aromatic rings. The Morgan fingerprint density at radius 2 is 1.81 bits per heavy atom. The molecule has 1 atom stereocenters. The molecule has 0 amide bonds. The molecule has 0 spiro atoms. The van der Waals surface area contributed by atoms with Crippen molar-refractivity contribution < 1.29 is 22.9 Å². The zero-order valence-corrected chi connectivity index (χ0v) is 15.0. The van der Waals surface area contributed by atoms with Crippen molar-refractivity contribution in [1.82, 2.24) is 0 Å². The van der Waals surface area contributed by atoms with Crippen LogP contribution in [0.25, 0.3) is 16.1 Å². The third-order valence-corrected chi connectivity index (χ3v) is 5.35. The summed E-state index contributed by atoms with van der Waals surface area (Å²) in [4.78, 5) is 11.7. The van der Waals surface area contributed by atoms with Gasteiger partial charge in [-0.3, -0.25) is 9.00 Å². The van der Waals surface area contributed by atoms with Gasteiger partial charge in [-0.2, -0.15) is 0 Å². The lowest BCUT2D eigenvalue weighted by molar-refractivity contribution is -0.135. The largest absolute Gasteiger partial charge is 0.481 e. The van der Waals surface area contributed by atoms with E-state index in [0.717, 1.165) is 12.1 Å². The van der Waals surface area contributed by atoms with Gasteiger partial charge < -0.3 is 5.11 Å². The first-order chi connectivity index (χ1) is 12.3. The normalized spacial score (nSPS) is 16.5. The van der Waals surface area contributed by atoms with Gasteiger partial charge in [0.2, 0.25) is 0 Å². The highest BCUT2D eigenvalue weighted by Gasteiger charge is 2.32. The van der Waals surface area contributed by atoms with Crippen molar-refractivity contribution in [2.45, 2.75) is 13.3 Å². The fourth-order valence-corrected chi connectivity index (χ4v) is 4.32. The van der Waals surface area contributed by atoms with Gasteiger partial charge in [0.1, 0.15) is 11.6 Å². The Bertz CT molecular complexity index is 992. The molecule has 2 aromatic carbocycles. The van der Waals surface area contributed by atoms with Crippen LogP contribution in [0.2, 0.25) is 0 Å². The second-order valence-corrected chi connectivity index (χ2v) is 7.33. The van der Waals surface area contributed by atoms with Gasteiger partial charge in [0, 0.05) is 23.5 Å². The Morgan fingerprint density at radius 1 is 1.15 bits per heavy atom. The highest BCUT2D eigenvalue weighted by molar-refractivity contribution is 7.94. The Balaban J connectivity index is 2.42. The predicted molar refractivity (Wildman–Crippen MR) is 98.5 cm³/mol. The van der Waals surface area contributed by atoms with E-state index in [1.165, 1.54) is 6.26 Å². The van der Waals surface area contributed by atoms with Gasteiger partial charge in [-0.1, -0.05) is 30.3 Å². The predicted octanol–water partition coefficient (Wildman–Crippen LogP) is 4.47. The summed E-state index contributed by atoms with van der Waals surface area (Å²) in [5, 5.41) is 9.21. The Morgan fingerprint density at radius 3 is 2.38 bits per heavy atom.